The maximum atomic E-state index is 12.1. The van der Waals surface area contributed by atoms with Gasteiger partial charge in [-0.3, -0.25) is 9.63 Å². The Kier molecular flexibility index (Phi) is 8.07. The third kappa shape index (κ3) is 6.45. The van der Waals surface area contributed by atoms with Gasteiger partial charge >= 0.3 is 0 Å². The van der Waals surface area contributed by atoms with Crippen LogP contribution >= 0.6 is 23.4 Å². The Morgan fingerprint density at radius 2 is 1.87 bits per heavy atom. The molecule has 6 nitrogen and oxygen atoms in total. The number of carbonyl (C=O) groups excluding carboxylic acids is 1. The molecule has 1 amide bonds. The van der Waals surface area contributed by atoms with Crippen LogP contribution in [-0.4, -0.2) is 29.5 Å². The van der Waals surface area contributed by atoms with Crippen molar-refractivity contribution in [1.82, 2.24) is 15.4 Å². The number of amides is 1. The Hall–Kier alpha value is -2.61. The third-order valence-corrected chi connectivity index (χ3v) is 5.29. The molecular formula is C22H23ClN4O2S. The number of halogens is 1. The van der Waals surface area contributed by atoms with Crippen LogP contribution < -0.4 is 10.4 Å². The number of rotatable bonds is 9. The number of hydroxylamine groups is 1. The van der Waals surface area contributed by atoms with Gasteiger partial charge < -0.3 is 4.90 Å². The Morgan fingerprint density at radius 3 is 2.63 bits per heavy atom. The fraction of sp³-hybridized carbons (Fsp3) is 0.227. The predicted molar refractivity (Wildman–Crippen MR) is 121 cm³/mol. The van der Waals surface area contributed by atoms with Gasteiger partial charge in [0.25, 0.3) is 5.91 Å². The predicted octanol–water partition coefficient (Wildman–Crippen LogP) is 4.74. The molecule has 0 fully saturated rings. The highest BCUT2D eigenvalue weighted by atomic mass is 35.5. The zero-order chi connectivity index (χ0) is 21.3. The first kappa shape index (κ1) is 22.1. The molecule has 0 aliphatic rings. The molecule has 156 valence electrons. The average molecular weight is 443 g/mol. The van der Waals surface area contributed by atoms with E-state index < -0.39 is 0 Å². The van der Waals surface area contributed by atoms with Gasteiger partial charge in [0.15, 0.2) is 5.16 Å². The molecule has 0 atom stereocenters. The van der Waals surface area contributed by atoms with Gasteiger partial charge in [0.05, 0.1) is 6.61 Å². The topological polar surface area (TPSA) is 67.3 Å². The molecule has 0 saturated heterocycles. The molecule has 0 saturated carbocycles. The van der Waals surface area contributed by atoms with Gasteiger partial charge in [-0.15, -0.1) is 0 Å². The Labute approximate surface area is 185 Å². The second-order valence-electron chi connectivity index (χ2n) is 6.53. The van der Waals surface area contributed by atoms with E-state index in [0.29, 0.717) is 28.2 Å². The van der Waals surface area contributed by atoms with Crippen molar-refractivity contribution in [2.45, 2.75) is 24.4 Å². The fourth-order valence-corrected chi connectivity index (χ4v) is 3.75. The molecule has 3 aromatic rings. The summed E-state index contributed by atoms with van der Waals surface area (Å²) >= 11 is 7.70. The highest BCUT2D eigenvalue weighted by Gasteiger charge is 2.10. The van der Waals surface area contributed by atoms with E-state index in [9.17, 15) is 4.79 Å². The summed E-state index contributed by atoms with van der Waals surface area (Å²) in [6.07, 6.45) is 0. The van der Waals surface area contributed by atoms with Gasteiger partial charge in [-0.05, 0) is 30.2 Å². The van der Waals surface area contributed by atoms with Crippen molar-refractivity contribution in [3.63, 3.8) is 0 Å². The summed E-state index contributed by atoms with van der Waals surface area (Å²) in [5, 5.41) is 0.980. The number of anilines is 1. The van der Waals surface area contributed by atoms with Crippen molar-refractivity contribution in [3.05, 3.63) is 82.5 Å². The Balaban J connectivity index is 1.66. The van der Waals surface area contributed by atoms with Crippen molar-refractivity contribution in [3.8, 4) is 0 Å². The zero-order valence-electron chi connectivity index (χ0n) is 16.8. The quantitative estimate of drug-likeness (QED) is 0.223. The number of nitrogens with one attached hydrogen (secondary N) is 1. The normalized spacial score (nSPS) is 10.6. The van der Waals surface area contributed by atoms with Gasteiger partial charge in [-0.2, -0.15) is 0 Å². The van der Waals surface area contributed by atoms with E-state index in [2.05, 4.69) is 27.6 Å². The minimum absolute atomic E-state index is 0.271. The minimum atomic E-state index is -0.271. The van der Waals surface area contributed by atoms with Gasteiger partial charge in [0.1, 0.15) is 11.0 Å². The van der Waals surface area contributed by atoms with Crippen LogP contribution in [0.2, 0.25) is 5.15 Å². The summed E-state index contributed by atoms with van der Waals surface area (Å²) in [4.78, 5) is 28.0. The van der Waals surface area contributed by atoms with Gasteiger partial charge in [0.2, 0.25) is 0 Å². The lowest BCUT2D eigenvalue weighted by molar-refractivity contribution is 0.0364. The first-order chi connectivity index (χ1) is 14.5. The van der Waals surface area contributed by atoms with Crippen molar-refractivity contribution < 1.29 is 9.63 Å². The van der Waals surface area contributed by atoms with E-state index in [1.54, 1.807) is 12.1 Å². The highest BCUT2D eigenvalue weighted by molar-refractivity contribution is 7.98. The van der Waals surface area contributed by atoms with E-state index in [1.807, 2.05) is 55.3 Å². The molecule has 3 rings (SSSR count). The molecular weight excluding hydrogens is 420 g/mol. The molecule has 8 heteroatoms. The monoisotopic (exact) mass is 442 g/mol. The van der Waals surface area contributed by atoms with Crippen LogP contribution in [0.4, 0.5) is 5.82 Å². The Morgan fingerprint density at radius 1 is 1.10 bits per heavy atom. The van der Waals surface area contributed by atoms with Crippen LogP contribution in [0.1, 0.15) is 28.4 Å². The van der Waals surface area contributed by atoms with E-state index in [4.69, 9.17) is 16.4 Å². The SMILES string of the molecule is CCONC(=O)c1cccc(CSc2nc(Cl)cc(N(C)Cc3ccccc3)n2)c1. The fourth-order valence-electron chi connectivity index (χ4n) is 2.73. The molecule has 1 N–H and O–H groups in total. The summed E-state index contributed by atoms with van der Waals surface area (Å²) < 4.78 is 0. The minimum Gasteiger partial charge on any atom is -0.355 e. The second kappa shape index (κ2) is 11.0. The zero-order valence-corrected chi connectivity index (χ0v) is 18.4. The summed E-state index contributed by atoms with van der Waals surface area (Å²) in [6, 6.07) is 19.3. The lowest BCUT2D eigenvalue weighted by atomic mass is 10.1. The average Bonchev–Trinajstić information content (AvgIpc) is 2.76. The van der Waals surface area contributed by atoms with Gasteiger partial charge in [0, 0.05) is 31.0 Å². The molecule has 0 radical (unpaired) electrons. The second-order valence-corrected chi connectivity index (χ2v) is 7.86. The lowest BCUT2D eigenvalue weighted by Crippen LogP contribution is -2.23. The van der Waals surface area contributed by atoms with E-state index in [-0.39, 0.29) is 5.91 Å². The van der Waals surface area contributed by atoms with E-state index in [0.717, 1.165) is 17.9 Å². The Bertz CT molecular complexity index is 988. The van der Waals surface area contributed by atoms with Crippen LogP contribution in [0.3, 0.4) is 0 Å². The number of carbonyl (C=O) groups is 1. The summed E-state index contributed by atoms with van der Waals surface area (Å²) in [5.74, 6) is 1.09. The molecule has 1 aromatic heterocycles. The molecule has 0 spiro atoms. The molecule has 2 aromatic carbocycles. The number of hydrogen-bond acceptors (Lipinski definition) is 6. The molecule has 0 unspecified atom stereocenters. The molecule has 1 heterocycles. The van der Waals surface area contributed by atoms with Crippen LogP contribution in [0.15, 0.2) is 65.8 Å². The van der Waals surface area contributed by atoms with Crippen molar-refractivity contribution >= 4 is 35.1 Å². The molecule has 0 aliphatic heterocycles. The first-order valence-corrected chi connectivity index (χ1v) is 10.8. The van der Waals surface area contributed by atoms with Crippen molar-refractivity contribution in [1.29, 1.82) is 0 Å². The summed E-state index contributed by atoms with van der Waals surface area (Å²) in [6.45, 7) is 2.94. The smallest absolute Gasteiger partial charge is 0.274 e. The number of hydrogen-bond donors (Lipinski definition) is 1. The number of nitrogens with zero attached hydrogens (tertiary/aromatic N) is 3. The first-order valence-electron chi connectivity index (χ1n) is 9.48. The molecule has 0 bridgehead atoms. The molecule has 30 heavy (non-hydrogen) atoms. The maximum absolute atomic E-state index is 12.1. The lowest BCUT2D eigenvalue weighted by Gasteiger charge is -2.19. The third-order valence-electron chi connectivity index (χ3n) is 4.18. The van der Waals surface area contributed by atoms with E-state index in [1.165, 1.54) is 17.3 Å². The van der Waals surface area contributed by atoms with E-state index >= 15 is 0 Å². The van der Waals surface area contributed by atoms with Crippen LogP contribution in [0.5, 0.6) is 0 Å². The maximum Gasteiger partial charge on any atom is 0.274 e. The van der Waals surface area contributed by atoms with Gasteiger partial charge in [-0.1, -0.05) is 65.8 Å². The number of thioether (sulfide) groups is 1. The van der Waals surface area contributed by atoms with Crippen LogP contribution in [0.25, 0.3) is 0 Å². The largest absolute Gasteiger partial charge is 0.355 e. The van der Waals surface area contributed by atoms with Crippen LogP contribution in [-0.2, 0) is 17.1 Å². The van der Waals surface area contributed by atoms with Crippen molar-refractivity contribution in [2.24, 2.45) is 0 Å². The standard InChI is InChI=1S/C22H23ClN4O2S/c1-3-29-26-21(28)18-11-7-10-17(12-18)15-30-22-24-19(23)13-20(25-22)27(2)14-16-8-5-4-6-9-16/h4-13H,3,14-15H2,1-2H3,(H,26,28). The highest BCUT2D eigenvalue weighted by Crippen LogP contribution is 2.25. The molecule has 0 aliphatic carbocycles. The summed E-state index contributed by atoms with van der Waals surface area (Å²) in [7, 11) is 1.97. The summed E-state index contributed by atoms with van der Waals surface area (Å²) in [5.41, 5.74) is 5.11. The number of benzene rings is 2. The van der Waals surface area contributed by atoms with Crippen molar-refractivity contribution in [2.75, 3.05) is 18.6 Å². The van der Waals surface area contributed by atoms with Gasteiger partial charge in [-0.25, -0.2) is 15.4 Å². The number of aromatic nitrogens is 2. The van der Waals surface area contributed by atoms with Crippen LogP contribution in [0, 0.1) is 0 Å².